The molecule has 1 aliphatic heterocycles. The summed E-state index contributed by atoms with van der Waals surface area (Å²) in [5, 5.41) is 9.28. The second-order valence-corrected chi connectivity index (χ2v) is 3.77. The molecule has 0 spiro atoms. The minimum Gasteiger partial charge on any atom is -0.504 e. The van der Waals surface area contributed by atoms with Crippen molar-refractivity contribution in [2.45, 2.75) is 11.8 Å². The van der Waals surface area contributed by atoms with Crippen molar-refractivity contribution in [2.75, 3.05) is 11.4 Å². The molecule has 1 fully saturated rings. The van der Waals surface area contributed by atoms with Crippen molar-refractivity contribution < 1.29 is 9.90 Å². The van der Waals surface area contributed by atoms with Crippen LogP contribution in [0.5, 0.6) is 5.75 Å². The number of hydrogen-bond acceptors (Lipinski definition) is 3. The van der Waals surface area contributed by atoms with Gasteiger partial charge in [0.25, 0.3) is 0 Å². The molecule has 2 rings (SSSR count). The first-order valence-electron chi connectivity index (χ1n) is 4.27. The van der Waals surface area contributed by atoms with Crippen molar-refractivity contribution >= 4 is 23.3 Å². The van der Waals surface area contributed by atoms with Crippen LogP contribution in [0.4, 0.5) is 5.82 Å². The van der Waals surface area contributed by atoms with Gasteiger partial charge in [-0.05, 0) is 12.1 Å². The van der Waals surface area contributed by atoms with Crippen molar-refractivity contribution in [3.8, 4) is 5.75 Å². The van der Waals surface area contributed by atoms with E-state index in [0.29, 0.717) is 18.8 Å². The highest BCUT2D eigenvalue weighted by molar-refractivity contribution is 6.24. The predicted molar refractivity (Wildman–Crippen MR) is 52.5 cm³/mol. The van der Waals surface area contributed by atoms with E-state index in [4.69, 9.17) is 11.6 Å². The molecule has 5 heteroatoms. The molecule has 0 aliphatic carbocycles. The molecule has 1 saturated heterocycles. The van der Waals surface area contributed by atoms with Gasteiger partial charge in [0.2, 0.25) is 5.91 Å². The summed E-state index contributed by atoms with van der Waals surface area (Å²) in [7, 11) is 0. The zero-order valence-corrected chi connectivity index (χ0v) is 8.11. The van der Waals surface area contributed by atoms with Crippen molar-refractivity contribution in [3.63, 3.8) is 0 Å². The van der Waals surface area contributed by atoms with Gasteiger partial charge in [-0.1, -0.05) is 0 Å². The van der Waals surface area contributed by atoms with Crippen molar-refractivity contribution in [1.82, 2.24) is 4.98 Å². The normalized spacial score (nSPS) is 21.6. The minimum absolute atomic E-state index is 0.00613. The topological polar surface area (TPSA) is 53.4 Å². The number of carbonyl (C=O) groups is 1. The quantitative estimate of drug-likeness (QED) is 0.710. The van der Waals surface area contributed by atoms with Gasteiger partial charge in [0.15, 0.2) is 11.6 Å². The fraction of sp³-hybridized carbons (Fsp3) is 0.333. The number of pyridine rings is 1. The molecule has 1 aromatic rings. The maximum atomic E-state index is 11.4. The van der Waals surface area contributed by atoms with E-state index in [0.717, 1.165) is 0 Å². The van der Waals surface area contributed by atoms with Crippen LogP contribution in [0.25, 0.3) is 0 Å². The van der Waals surface area contributed by atoms with Crippen molar-refractivity contribution in [1.29, 1.82) is 0 Å². The summed E-state index contributed by atoms with van der Waals surface area (Å²) in [6.45, 7) is 0.408. The number of carbonyl (C=O) groups excluding carboxylic acids is 1. The van der Waals surface area contributed by atoms with Gasteiger partial charge in [-0.25, -0.2) is 4.98 Å². The maximum absolute atomic E-state index is 11.4. The highest BCUT2D eigenvalue weighted by Crippen LogP contribution is 2.28. The molecular formula is C9H9ClN2O2. The number of hydrogen-bond donors (Lipinski definition) is 1. The standard InChI is InChI=1S/C9H9ClN2O2/c10-6-4-8(14)12(5-6)9-7(13)2-1-3-11-9/h1-3,6,13H,4-5H2. The Hall–Kier alpha value is -1.29. The zero-order chi connectivity index (χ0) is 10.1. The molecular weight excluding hydrogens is 204 g/mol. The third-order valence-electron chi connectivity index (χ3n) is 2.10. The number of halogens is 1. The summed E-state index contributed by atoms with van der Waals surface area (Å²) in [5.74, 6) is 0.200. The zero-order valence-electron chi connectivity index (χ0n) is 7.35. The van der Waals surface area contributed by atoms with Crippen LogP contribution in [0.1, 0.15) is 6.42 Å². The molecule has 0 saturated carbocycles. The van der Waals surface area contributed by atoms with Crippen LogP contribution >= 0.6 is 11.6 Å². The Bertz CT molecular complexity index is 370. The van der Waals surface area contributed by atoms with E-state index < -0.39 is 0 Å². The first kappa shape index (κ1) is 9.27. The molecule has 1 unspecified atom stereocenters. The van der Waals surface area contributed by atoms with Crippen LogP contribution in [0.2, 0.25) is 0 Å². The number of nitrogens with zero attached hydrogens (tertiary/aromatic N) is 2. The number of rotatable bonds is 1. The largest absolute Gasteiger partial charge is 0.504 e. The Kier molecular flexibility index (Phi) is 2.29. The van der Waals surface area contributed by atoms with Crippen LogP contribution in [0.15, 0.2) is 18.3 Å². The number of aromatic nitrogens is 1. The van der Waals surface area contributed by atoms with E-state index in [-0.39, 0.29) is 17.0 Å². The van der Waals surface area contributed by atoms with Gasteiger partial charge in [0, 0.05) is 19.2 Å². The number of aromatic hydroxyl groups is 1. The van der Waals surface area contributed by atoms with E-state index in [2.05, 4.69) is 4.98 Å². The molecule has 74 valence electrons. The molecule has 4 nitrogen and oxygen atoms in total. The molecule has 1 N–H and O–H groups in total. The lowest BCUT2D eigenvalue weighted by Crippen LogP contribution is -2.25. The maximum Gasteiger partial charge on any atom is 0.229 e. The van der Waals surface area contributed by atoms with Crippen LogP contribution in [-0.4, -0.2) is 27.9 Å². The van der Waals surface area contributed by atoms with Gasteiger partial charge >= 0.3 is 0 Å². The summed E-state index contributed by atoms with van der Waals surface area (Å²) in [6, 6.07) is 3.11. The minimum atomic E-state index is -0.191. The van der Waals surface area contributed by atoms with Crippen LogP contribution in [0, 0.1) is 0 Å². The summed E-state index contributed by atoms with van der Waals surface area (Å²) in [5.41, 5.74) is 0. The molecule has 0 bridgehead atoms. The third kappa shape index (κ3) is 1.53. The predicted octanol–water partition coefficient (Wildman–Crippen LogP) is 1.13. The van der Waals surface area contributed by atoms with E-state index in [1.807, 2.05) is 0 Å². The van der Waals surface area contributed by atoms with Gasteiger partial charge in [-0.3, -0.25) is 9.69 Å². The first-order valence-corrected chi connectivity index (χ1v) is 4.70. The van der Waals surface area contributed by atoms with Gasteiger partial charge in [0.1, 0.15) is 0 Å². The molecule has 1 aliphatic rings. The smallest absolute Gasteiger partial charge is 0.229 e. The Morgan fingerprint density at radius 3 is 3.00 bits per heavy atom. The Balaban J connectivity index is 2.32. The average molecular weight is 213 g/mol. The fourth-order valence-corrected chi connectivity index (χ4v) is 1.74. The SMILES string of the molecule is O=C1CC(Cl)CN1c1ncccc1O. The monoisotopic (exact) mass is 212 g/mol. The molecule has 14 heavy (non-hydrogen) atoms. The number of alkyl halides is 1. The van der Waals surface area contributed by atoms with Crippen molar-refractivity contribution in [3.05, 3.63) is 18.3 Å². The lowest BCUT2D eigenvalue weighted by atomic mass is 10.4. The van der Waals surface area contributed by atoms with E-state index >= 15 is 0 Å². The molecule has 1 amide bonds. The van der Waals surface area contributed by atoms with Crippen LogP contribution < -0.4 is 4.90 Å². The molecule has 1 aromatic heterocycles. The molecule has 0 radical (unpaired) electrons. The lowest BCUT2D eigenvalue weighted by Gasteiger charge is -2.15. The van der Waals surface area contributed by atoms with Gasteiger partial charge in [0.05, 0.1) is 5.38 Å². The van der Waals surface area contributed by atoms with Crippen molar-refractivity contribution in [2.24, 2.45) is 0 Å². The Morgan fingerprint density at radius 1 is 1.64 bits per heavy atom. The number of anilines is 1. The van der Waals surface area contributed by atoms with E-state index in [1.165, 1.54) is 17.2 Å². The van der Waals surface area contributed by atoms with Gasteiger partial charge in [-0.15, -0.1) is 11.6 Å². The highest BCUT2D eigenvalue weighted by atomic mass is 35.5. The summed E-state index contributed by atoms with van der Waals surface area (Å²) in [4.78, 5) is 16.8. The summed E-state index contributed by atoms with van der Waals surface area (Å²) in [6.07, 6.45) is 1.83. The highest BCUT2D eigenvalue weighted by Gasteiger charge is 2.31. The summed E-state index contributed by atoms with van der Waals surface area (Å²) < 4.78 is 0. The van der Waals surface area contributed by atoms with E-state index in [1.54, 1.807) is 6.07 Å². The van der Waals surface area contributed by atoms with Crippen LogP contribution in [0.3, 0.4) is 0 Å². The Morgan fingerprint density at radius 2 is 2.43 bits per heavy atom. The van der Waals surface area contributed by atoms with E-state index in [9.17, 15) is 9.90 Å². The molecule has 2 heterocycles. The Labute approximate surface area is 86.1 Å². The van der Waals surface area contributed by atoms with Gasteiger partial charge < -0.3 is 5.11 Å². The number of amides is 1. The average Bonchev–Trinajstić information content (AvgIpc) is 2.46. The van der Waals surface area contributed by atoms with Gasteiger partial charge in [-0.2, -0.15) is 0 Å². The summed E-state index contributed by atoms with van der Waals surface area (Å²) >= 11 is 5.83. The second-order valence-electron chi connectivity index (χ2n) is 3.15. The fourth-order valence-electron chi connectivity index (χ4n) is 1.47. The lowest BCUT2D eigenvalue weighted by molar-refractivity contribution is -0.117. The first-order chi connectivity index (χ1) is 6.68. The van der Waals surface area contributed by atoms with Crippen LogP contribution in [-0.2, 0) is 4.79 Å². The molecule has 0 aromatic carbocycles. The second kappa shape index (κ2) is 3.46. The molecule has 1 atom stereocenters. The third-order valence-corrected chi connectivity index (χ3v) is 2.39.